The monoisotopic (exact) mass is 383 g/mol. The zero-order valence-electron chi connectivity index (χ0n) is 14.2. The first-order valence-electron chi connectivity index (χ1n) is 8.21. The second-order valence-electron chi connectivity index (χ2n) is 5.85. The van der Waals surface area contributed by atoms with Gasteiger partial charge >= 0.3 is 6.18 Å². The summed E-state index contributed by atoms with van der Waals surface area (Å²) in [5.41, 5.74) is -1.72. The molecule has 5 nitrogen and oxygen atoms in total. The smallest absolute Gasteiger partial charge is 0.421 e. The predicted molar refractivity (Wildman–Crippen MR) is 95.8 cm³/mol. The molecular formula is C20H12F3N3O2. The second-order valence-corrected chi connectivity index (χ2v) is 5.85. The number of nitrogens with zero attached hydrogens (tertiary/aromatic N) is 3. The van der Waals surface area contributed by atoms with Gasteiger partial charge in [0.25, 0.3) is 5.56 Å². The van der Waals surface area contributed by atoms with E-state index in [-0.39, 0.29) is 17.4 Å². The molecule has 140 valence electrons. The van der Waals surface area contributed by atoms with Gasteiger partial charge in [-0.25, -0.2) is 9.97 Å². The first kappa shape index (κ1) is 17.7. The van der Waals surface area contributed by atoms with Crippen LogP contribution in [-0.4, -0.2) is 14.5 Å². The van der Waals surface area contributed by atoms with Gasteiger partial charge in [-0.05, 0) is 24.3 Å². The first-order chi connectivity index (χ1) is 13.4. The molecule has 0 radical (unpaired) electrons. The van der Waals surface area contributed by atoms with Crippen molar-refractivity contribution in [2.24, 2.45) is 0 Å². The minimum absolute atomic E-state index is 0.00957. The number of hydrogen-bond acceptors (Lipinski definition) is 4. The molecule has 8 heteroatoms. The molecule has 28 heavy (non-hydrogen) atoms. The number of benzene rings is 1. The lowest BCUT2D eigenvalue weighted by molar-refractivity contribution is -0.138. The van der Waals surface area contributed by atoms with E-state index in [1.54, 1.807) is 12.1 Å². The highest BCUT2D eigenvalue weighted by Crippen LogP contribution is 2.30. The van der Waals surface area contributed by atoms with Gasteiger partial charge in [0.05, 0.1) is 6.20 Å². The van der Waals surface area contributed by atoms with Crippen LogP contribution < -0.4 is 5.56 Å². The Balaban J connectivity index is 1.92. The summed E-state index contributed by atoms with van der Waals surface area (Å²) in [6.07, 6.45) is -1.95. The van der Waals surface area contributed by atoms with Gasteiger partial charge in [-0.2, -0.15) is 13.2 Å². The van der Waals surface area contributed by atoms with E-state index in [1.165, 1.54) is 18.5 Å². The van der Waals surface area contributed by atoms with Crippen molar-refractivity contribution in [3.63, 3.8) is 0 Å². The molecule has 0 N–H and O–H groups in total. The largest absolute Gasteiger partial charge is 0.435 e. The summed E-state index contributed by atoms with van der Waals surface area (Å²) in [4.78, 5) is 20.8. The highest BCUT2D eigenvalue weighted by Gasteiger charge is 2.35. The van der Waals surface area contributed by atoms with Gasteiger partial charge in [0.15, 0.2) is 5.76 Å². The minimum Gasteiger partial charge on any atom is -0.435 e. The normalized spacial score (nSPS) is 11.5. The number of halogens is 3. The Bertz CT molecular complexity index is 1170. The van der Waals surface area contributed by atoms with E-state index in [9.17, 15) is 18.0 Å². The summed E-state index contributed by atoms with van der Waals surface area (Å²) >= 11 is 0. The predicted octanol–water partition coefficient (Wildman–Crippen LogP) is 4.57. The number of alkyl halides is 3. The van der Waals surface area contributed by atoms with Crippen molar-refractivity contribution in [2.45, 2.75) is 6.18 Å². The zero-order valence-corrected chi connectivity index (χ0v) is 14.2. The highest BCUT2D eigenvalue weighted by molar-refractivity contribution is 5.60. The SMILES string of the molecule is O=c1c(C(F)(F)F)ccc(-c2ncc(-c3ccccc3)o2)n1-c1ccccn1. The number of rotatable bonds is 3. The first-order valence-corrected chi connectivity index (χ1v) is 8.21. The molecule has 0 aliphatic carbocycles. The van der Waals surface area contributed by atoms with E-state index in [0.717, 1.165) is 22.3 Å². The standard InChI is InChI=1S/C20H12F3N3O2/c21-20(22,23)14-9-10-15(26(19(14)27)17-8-4-5-11-24-17)18-25-12-16(28-18)13-6-2-1-3-7-13/h1-12H. The molecule has 0 amide bonds. The summed E-state index contributed by atoms with van der Waals surface area (Å²) in [5.74, 6) is 0.471. The van der Waals surface area contributed by atoms with Crippen LogP contribution in [0.5, 0.6) is 0 Å². The average Bonchev–Trinajstić information content (AvgIpc) is 3.18. The van der Waals surface area contributed by atoms with Gasteiger partial charge in [0, 0.05) is 11.8 Å². The van der Waals surface area contributed by atoms with Crippen LogP contribution in [0.15, 0.2) is 82.3 Å². The Labute approximate surface area is 156 Å². The quantitative estimate of drug-likeness (QED) is 0.520. The van der Waals surface area contributed by atoms with Gasteiger partial charge < -0.3 is 4.42 Å². The second kappa shape index (κ2) is 6.80. The van der Waals surface area contributed by atoms with Crippen molar-refractivity contribution >= 4 is 0 Å². The van der Waals surface area contributed by atoms with E-state index in [4.69, 9.17) is 4.42 Å². The number of pyridine rings is 2. The molecular weight excluding hydrogens is 371 g/mol. The summed E-state index contributed by atoms with van der Waals surface area (Å²) in [6, 6.07) is 15.6. The van der Waals surface area contributed by atoms with E-state index >= 15 is 0 Å². The topological polar surface area (TPSA) is 60.9 Å². The van der Waals surface area contributed by atoms with Crippen molar-refractivity contribution in [2.75, 3.05) is 0 Å². The molecule has 4 rings (SSSR count). The van der Waals surface area contributed by atoms with Crippen LogP contribution in [0.1, 0.15) is 5.56 Å². The Morgan fingerprint density at radius 1 is 0.893 bits per heavy atom. The summed E-state index contributed by atoms with van der Waals surface area (Å²) in [7, 11) is 0. The Morgan fingerprint density at radius 3 is 2.32 bits per heavy atom. The molecule has 0 fully saturated rings. The molecule has 0 bridgehead atoms. The third kappa shape index (κ3) is 3.20. The molecule has 0 unspecified atom stereocenters. The maximum atomic E-state index is 13.2. The van der Waals surface area contributed by atoms with Crippen LogP contribution in [0.3, 0.4) is 0 Å². The molecule has 1 aromatic carbocycles. The van der Waals surface area contributed by atoms with Crippen molar-refractivity contribution in [1.29, 1.82) is 0 Å². The molecule has 0 aliphatic rings. The fourth-order valence-electron chi connectivity index (χ4n) is 2.76. The summed E-state index contributed by atoms with van der Waals surface area (Å²) < 4.78 is 46.3. The third-order valence-electron chi connectivity index (χ3n) is 4.05. The summed E-state index contributed by atoms with van der Waals surface area (Å²) in [5, 5.41) is 0. The molecule has 0 atom stereocenters. The van der Waals surface area contributed by atoms with E-state index in [1.807, 2.05) is 30.3 Å². The van der Waals surface area contributed by atoms with E-state index < -0.39 is 17.3 Å². The van der Waals surface area contributed by atoms with Crippen LogP contribution in [0.2, 0.25) is 0 Å². The Morgan fingerprint density at radius 2 is 1.64 bits per heavy atom. The van der Waals surface area contributed by atoms with Crippen LogP contribution >= 0.6 is 0 Å². The van der Waals surface area contributed by atoms with Gasteiger partial charge in [0.2, 0.25) is 5.89 Å². The van der Waals surface area contributed by atoms with Gasteiger partial charge in [-0.3, -0.25) is 9.36 Å². The third-order valence-corrected chi connectivity index (χ3v) is 4.05. The van der Waals surface area contributed by atoms with E-state index in [0.29, 0.717) is 5.76 Å². The van der Waals surface area contributed by atoms with Gasteiger partial charge in [-0.1, -0.05) is 36.4 Å². The van der Waals surface area contributed by atoms with Crippen LogP contribution in [0.4, 0.5) is 13.2 Å². The fourth-order valence-corrected chi connectivity index (χ4v) is 2.76. The molecule has 0 saturated carbocycles. The Hall–Kier alpha value is -3.68. The zero-order chi connectivity index (χ0) is 19.7. The highest BCUT2D eigenvalue weighted by atomic mass is 19.4. The molecule has 3 aromatic heterocycles. The van der Waals surface area contributed by atoms with Crippen molar-refractivity contribution < 1.29 is 17.6 Å². The van der Waals surface area contributed by atoms with Crippen LogP contribution in [0.25, 0.3) is 28.7 Å². The molecule has 0 spiro atoms. The Kier molecular flexibility index (Phi) is 4.31. The van der Waals surface area contributed by atoms with Crippen molar-refractivity contribution in [3.05, 3.63) is 89.0 Å². The summed E-state index contributed by atoms with van der Waals surface area (Å²) in [6.45, 7) is 0. The van der Waals surface area contributed by atoms with Crippen LogP contribution in [-0.2, 0) is 6.18 Å². The molecule has 4 aromatic rings. The maximum absolute atomic E-state index is 13.2. The van der Waals surface area contributed by atoms with Crippen LogP contribution in [0, 0.1) is 0 Å². The lowest BCUT2D eigenvalue weighted by Gasteiger charge is -2.13. The average molecular weight is 383 g/mol. The van der Waals surface area contributed by atoms with Gasteiger partial charge in [0.1, 0.15) is 17.1 Å². The number of hydrogen-bond donors (Lipinski definition) is 0. The van der Waals surface area contributed by atoms with Crippen molar-refractivity contribution in [1.82, 2.24) is 14.5 Å². The van der Waals surface area contributed by atoms with E-state index in [2.05, 4.69) is 9.97 Å². The lowest BCUT2D eigenvalue weighted by Crippen LogP contribution is -2.29. The molecule has 3 heterocycles. The van der Waals surface area contributed by atoms with Crippen molar-refractivity contribution in [3.8, 4) is 28.7 Å². The molecule has 0 saturated heterocycles. The lowest BCUT2D eigenvalue weighted by atomic mass is 10.2. The van der Waals surface area contributed by atoms with Gasteiger partial charge in [-0.15, -0.1) is 0 Å². The fraction of sp³-hybridized carbons (Fsp3) is 0.0500. The minimum atomic E-state index is -4.79. The molecule has 0 aliphatic heterocycles. The number of aromatic nitrogens is 3. The maximum Gasteiger partial charge on any atom is 0.421 e. The number of oxazole rings is 1.